The normalized spacial score (nSPS) is 14.4. The molecule has 1 aromatic carbocycles. The predicted molar refractivity (Wildman–Crippen MR) is 79.5 cm³/mol. The van der Waals surface area contributed by atoms with Gasteiger partial charge in [-0.15, -0.1) is 11.3 Å². The highest BCUT2D eigenvalue weighted by Gasteiger charge is 2.18. The Morgan fingerprint density at radius 3 is 2.85 bits per heavy atom. The molecule has 0 saturated heterocycles. The summed E-state index contributed by atoms with van der Waals surface area (Å²) in [6.07, 6.45) is 6.63. The van der Waals surface area contributed by atoms with Crippen LogP contribution in [0.1, 0.15) is 23.3 Å². The first-order valence-electron chi connectivity index (χ1n) is 6.85. The molecular weight excluding hydrogens is 271 g/mol. The Balaban J connectivity index is 1.89. The number of halogens is 1. The molecule has 0 saturated carbocycles. The molecular formula is C16H13FN2S. The van der Waals surface area contributed by atoms with E-state index in [4.69, 9.17) is 0 Å². The zero-order valence-electron chi connectivity index (χ0n) is 10.9. The van der Waals surface area contributed by atoms with Gasteiger partial charge in [0, 0.05) is 16.5 Å². The first-order chi connectivity index (χ1) is 9.83. The van der Waals surface area contributed by atoms with Gasteiger partial charge in [-0.1, -0.05) is 12.1 Å². The number of rotatable bonds is 1. The number of hydrogen-bond acceptors (Lipinski definition) is 3. The van der Waals surface area contributed by atoms with Crippen molar-refractivity contribution < 1.29 is 4.39 Å². The second-order valence-corrected chi connectivity index (χ2v) is 6.19. The second-order valence-electron chi connectivity index (χ2n) is 5.10. The maximum Gasteiger partial charge on any atom is 0.163 e. The Hall–Kier alpha value is -1.81. The average molecular weight is 284 g/mol. The third kappa shape index (κ3) is 1.83. The molecule has 1 aliphatic rings. The monoisotopic (exact) mass is 284 g/mol. The average Bonchev–Trinajstić information content (AvgIpc) is 2.85. The van der Waals surface area contributed by atoms with Crippen LogP contribution in [0.4, 0.5) is 4.39 Å². The minimum absolute atomic E-state index is 0.270. The molecule has 2 aromatic heterocycles. The summed E-state index contributed by atoms with van der Waals surface area (Å²) in [6.45, 7) is 0. The van der Waals surface area contributed by atoms with Crippen LogP contribution in [0.5, 0.6) is 0 Å². The molecule has 0 radical (unpaired) electrons. The van der Waals surface area contributed by atoms with E-state index in [-0.39, 0.29) is 5.82 Å². The summed E-state index contributed by atoms with van der Waals surface area (Å²) in [6, 6.07) is 6.67. The largest absolute Gasteiger partial charge is 0.236 e. The van der Waals surface area contributed by atoms with Crippen molar-refractivity contribution in [1.82, 2.24) is 9.97 Å². The molecule has 0 aliphatic heterocycles. The van der Waals surface area contributed by atoms with Crippen molar-refractivity contribution in [3.63, 3.8) is 0 Å². The van der Waals surface area contributed by atoms with E-state index in [0.717, 1.165) is 23.1 Å². The fourth-order valence-electron chi connectivity index (χ4n) is 2.82. The Kier molecular flexibility index (Phi) is 2.77. The van der Waals surface area contributed by atoms with Crippen LogP contribution in [-0.2, 0) is 12.8 Å². The minimum atomic E-state index is -0.270. The van der Waals surface area contributed by atoms with Gasteiger partial charge >= 0.3 is 0 Å². The van der Waals surface area contributed by atoms with Crippen LogP contribution < -0.4 is 0 Å². The maximum absolute atomic E-state index is 13.8. The summed E-state index contributed by atoms with van der Waals surface area (Å²) in [5.41, 5.74) is 1.89. The molecule has 4 heteroatoms. The predicted octanol–water partition coefficient (Wildman–Crippen LogP) is 4.38. The first-order valence-corrected chi connectivity index (χ1v) is 7.67. The highest BCUT2D eigenvalue weighted by molar-refractivity contribution is 7.18. The van der Waals surface area contributed by atoms with Crippen LogP contribution in [0.3, 0.4) is 0 Å². The lowest BCUT2D eigenvalue weighted by molar-refractivity contribution is 0.630. The van der Waals surface area contributed by atoms with Crippen molar-refractivity contribution in [3.8, 4) is 11.4 Å². The Labute approximate surface area is 120 Å². The Morgan fingerprint density at radius 1 is 1.10 bits per heavy atom. The summed E-state index contributed by atoms with van der Waals surface area (Å²) in [5, 5.41) is 1.16. The Bertz CT molecular complexity index is 794. The number of fused-ring (bicyclic) bond motifs is 3. The first kappa shape index (κ1) is 12.0. The summed E-state index contributed by atoms with van der Waals surface area (Å²) >= 11 is 1.74. The van der Waals surface area contributed by atoms with Crippen LogP contribution in [-0.4, -0.2) is 9.97 Å². The maximum atomic E-state index is 13.8. The third-order valence-electron chi connectivity index (χ3n) is 3.83. The topological polar surface area (TPSA) is 25.8 Å². The highest BCUT2D eigenvalue weighted by atomic mass is 32.1. The van der Waals surface area contributed by atoms with Gasteiger partial charge in [0.1, 0.15) is 10.6 Å². The van der Waals surface area contributed by atoms with Gasteiger partial charge in [0.25, 0.3) is 0 Å². The highest BCUT2D eigenvalue weighted by Crippen LogP contribution is 2.35. The van der Waals surface area contributed by atoms with E-state index in [1.54, 1.807) is 23.5 Å². The van der Waals surface area contributed by atoms with Crippen molar-refractivity contribution in [1.29, 1.82) is 0 Å². The summed E-state index contributed by atoms with van der Waals surface area (Å²) < 4.78 is 13.8. The van der Waals surface area contributed by atoms with Gasteiger partial charge in [0.05, 0.1) is 5.56 Å². The van der Waals surface area contributed by atoms with Gasteiger partial charge in [0.2, 0.25) is 0 Å². The molecule has 0 fully saturated rings. The zero-order chi connectivity index (χ0) is 13.5. The van der Waals surface area contributed by atoms with Crippen molar-refractivity contribution in [2.24, 2.45) is 0 Å². The smallest absolute Gasteiger partial charge is 0.163 e. The minimum Gasteiger partial charge on any atom is -0.236 e. The molecule has 0 N–H and O–H groups in total. The van der Waals surface area contributed by atoms with Crippen LogP contribution in [0.15, 0.2) is 30.5 Å². The summed E-state index contributed by atoms with van der Waals surface area (Å²) in [7, 11) is 0. The van der Waals surface area contributed by atoms with E-state index in [2.05, 4.69) is 9.97 Å². The number of nitrogens with zero attached hydrogens (tertiary/aromatic N) is 2. The van der Waals surface area contributed by atoms with Crippen molar-refractivity contribution >= 4 is 21.6 Å². The van der Waals surface area contributed by atoms with Gasteiger partial charge in [-0.3, -0.25) is 0 Å². The molecule has 0 unspecified atom stereocenters. The van der Waals surface area contributed by atoms with E-state index in [0.29, 0.717) is 11.4 Å². The molecule has 100 valence electrons. The van der Waals surface area contributed by atoms with Crippen LogP contribution in [0.25, 0.3) is 21.6 Å². The number of aromatic nitrogens is 2. The van der Waals surface area contributed by atoms with Gasteiger partial charge in [-0.05, 0) is 43.4 Å². The number of hydrogen-bond donors (Lipinski definition) is 0. The molecule has 3 aromatic rings. The lowest BCUT2D eigenvalue weighted by Gasteiger charge is -2.09. The molecule has 2 nitrogen and oxygen atoms in total. The number of aryl methyl sites for hydroxylation is 2. The quantitative estimate of drug-likeness (QED) is 0.663. The number of benzene rings is 1. The third-order valence-corrected chi connectivity index (χ3v) is 5.03. The van der Waals surface area contributed by atoms with Crippen molar-refractivity contribution in [2.45, 2.75) is 25.7 Å². The molecule has 0 atom stereocenters. The standard InChI is InChI=1S/C16H13FN2S/c17-13-7-3-1-6-11(13)15-18-9-12-10-5-2-4-8-14(10)20-16(12)19-15/h1,3,6-7,9H,2,4-5,8H2. The van der Waals surface area contributed by atoms with E-state index in [1.807, 2.05) is 12.3 Å². The van der Waals surface area contributed by atoms with E-state index < -0.39 is 0 Å². The lowest BCUT2D eigenvalue weighted by atomic mass is 9.97. The SMILES string of the molecule is Fc1ccccc1-c1ncc2c3c(sc2n1)CCCC3. The zero-order valence-corrected chi connectivity index (χ0v) is 11.7. The van der Waals surface area contributed by atoms with Crippen LogP contribution in [0, 0.1) is 5.82 Å². The van der Waals surface area contributed by atoms with E-state index in [1.165, 1.54) is 29.3 Å². The lowest BCUT2D eigenvalue weighted by Crippen LogP contribution is -1.98. The fraction of sp³-hybridized carbons (Fsp3) is 0.250. The molecule has 0 bridgehead atoms. The molecule has 1 aliphatic carbocycles. The van der Waals surface area contributed by atoms with Crippen molar-refractivity contribution in [2.75, 3.05) is 0 Å². The summed E-state index contributed by atoms with van der Waals surface area (Å²) in [4.78, 5) is 11.4. The molecule has 2 heterocycles. The van der Waals surface area contributed by atoms with E-state index in [9.17, 15) is 4.39 Å². The number of thiophene rings is 1. The summed E-state index contributed by atoms with van der Waals surface area (Å²) in [5.74, 6) is 0.211. The van der Waals surface area contributed by atoms with Crippen LogP contribution >= 0.6 is 11.3 Å². The Morgan fingerprint density at radius 2 is 1.95 bits per heavy atom. The fourth-order valence-corrected chi connectivity index (χ4v) is 4.05. The van der Waals surface area contributed by atoms with Gasteiger partial charge in [-0.2, -0.15) is 0 Å². The molecule has 0 spiro atoms. The molecule has 0 amide bonds. The van der Waals surface area contributed by atoms with Crippen LogP contribution in [0.2, 0.25) is 0 Å². The molecule has 4 rings (SSSR count). The second kappa shape index (κ2) is 4.63. The molecule has 20 heavy (non-hydrogen) atoms. The van der Waals surface area contributed by atoms with Gasteiger partial charge in [0.15, 0.2) is 5.82 Å². The van der Waals surface area contributed by atoms with Gasteiger partial charge in [-0.25, -0.2) is 14.4 Å². The van der Waals surface area contributed by atoms with E-state index >= 15 is 0 Å². The van der Waals surface area contributed by atoms with Gasteiger partial charge < -0.3 is 0 Å². The van der Waals surface area contributed by atoms with Crippen molar-refractivity contribution in [3.05, 3.63) is 46.7 Å².